The highest BCUT2D eigenvalue weighted by Gasteiger charge is 2.09. The van der Waals surface area contributed by atoms with E-state index in [1.165, 1.54) is 50.5 Å². The van der Waals surface area contributed by atoms with Crippen molar-refractivity contribution in [3.63, 3.8) is 0 Å². The molecule has 3 nitrogen and oxygen atoms in total. The molecule has 3 aromatic rings. The zero-order chi connectivity index (χ0) is 26.3. The minimum absolute atomic E-state index is 0.372. The number of aryl methyl sites for hydroxylation is 1. The van der Waals surface area contributed by atoms with Crippen LogP contribution >= 0.6 is 0 Å². The number of hydrogen-bond acceptors (Lipinski definition) is 3. The highest BCUT2D eigenvalue weighted by Crippen LogP contribution is 2.23. The van der Waals surface area contributed by atoms with Gasteiger partial charge in [-0.05, 0) is 90.8 Å². The van der Waals surface area contributed by atoms with Gasteiger partial charge in [0.15, 0.2) is 0 Å². The first-order valence-corrected chi connectivity index (χ1v) is 13.9. The number of ether oxygens (including phenoxy) is 2. The summed E-state index contributed by atoms with van der Waals surface area (Å²) < 4.78 is 11.2. The largest absolute Gasteiger partial charge is 0.465 e. The van der Waals surface area contributed by atoms with Crippen LogP contribution in [0.2, 0.25) is 0 Å². The highest BCUT2D eigenvalue weighted by atomic mass is 16.5. The van der Waals surface area contributed by atoms with Crippen LogP contribution in [-0.4, -0.2) is 5.97 Å². The van der Waals surface area contributed by atoms with E-state index in [1.807, 2.05) is 36.4 Å². The summed E-state index contributed by atoms with van der Waals surface area (Å²) in [5.74, 6) is 1.60. The summed E-state index contributed by atoms with van der Waals surface area (Å²) in [6.07, 6.45) is 14.7. The summed E-state index contributed by atoms with van der Waals surface area (Å²) >= 11 is 0. The van der Waals surface area contributed by atoms with Gasteiger partial charge in [-0.25, -0.2) is 4.79 Å². The van der Waals surface area contributed by atoms with E-state index in [9.17, 15) is 4.79 Å². The molecule has 196 valence electrons. The lowest BCUT2D eigenvalue weighted by molar-refractivity contribution is 0.0734. The van der Waals surface area contributed by atoms with Crippen LogP contribution in [-0.2, 0) is 6.42 Å². The quantitative estimate of drug-likeness (QED) is 0.0905. The van der Waals surface area contributed by atoms with E-state index < -0.39 is 0 Å². The van der Waals surface area contributed by atoms with Crippen molar-refractivity contribution in [1.29, 1.82) is 0 Å². The Morgan fingerprint density at radius 1 is 0.784 bits per heavy atom. The Bertz CT molecular complexity index is 1080. The molecule has 0 aliphatic heterocycles. The van der Waals surface area contributed by atoms with Crippen LogP contribution in [0.25, 0.3) is 11.1 Å². The van der Waals surface area contributed by atoms with Gasteiger partial charge in [-0.3, -0.25) is 0 Å². The Morgan fingerprint density at radius 2 is 1.41 bits per heavy atom. The molecule has 0 aliphatic carbocycles. The molecule has 0 aliphatic rings. The van der Waals surface area contributed by atoms with Crippen molar-refractivity contribution in [1.82, 2.24) is 0 Å². The van der Waals surface area contributed by atoms with Crippen molar-refractivity contribution in [3.8, 4) is 22.6 Å². The molecule has 0 spiro atoms. The summed E-state index contributed by atoms with van der Waals surface area (Å²) in [4.78, 5) is 12.6. The van der Waals surface area contributed by atoms with Crippen LogP contribution in [0, 0.1) is 5.92 Å². The molecular weight excluding hydrogens is 456 g/mol. The first-order chi connectivity index (χ1) is 18.1. The number of carbonyl (C=O) groups is 1. The second-order valence-corrected chi connectivity index (χ2v) is 9.88. The number of hydrogen-bond donors (Lipinski definition) is 0. The number of allylic oxidation sites excluding steroid dienone is 1. The van der Waals surface area contributed by atoms with Crippen molar-refractivity contribution in [3.05, 3.63) is 96.3 Å². The van der Waals surface area contributed by atoms with Crippen LogP contribution in [0.3, 0.4) is 0 Å². The average Bonchev–Trinajstić information content (AvgIpc) is 2.94. The van der Waals surface area contributed by atoms with Gasteiger partial charge < -0.3 is 9.47 Å². The van der Waals surface area contributed by atoms with E-state index in [0.29, 0.717) is 11.3 Å². The SMILES string of the molecule is CCCCCCCC=COc1ccc(OC(=O)c2ccc(-c3ccc(CCC(C)CC)cc3)cc2)cc1. The third-order valence-electron chi connectivity index (χ3n) is 6.84. The van der Waals surface area contributed by atoms with Gasteiger partial charge in [0.25, 0.3) is 0 Å². The third-order valence-corrected chi connectivity index (χ3v) is 6.84. The minimum Gasteiger partial charge on any atom is -0.465 e. The van der Waals surface area contributed by atoms with Gasteiger partial charge in [0.2, 0.25) is 0 Å². The van der Waals surface area contributed by atoms with E-state index in [-0.39, 0.29) is 5.97 Å². The Balaban J connectivity index is 1.46. The fourth-order valence-electron chi connectivity index (χ4n) is 4.09. The van der Waals surface area contributed by atoms with Crippen LogP contribution in [0.4, 0.5) is 0 Å². The molecule has 0 bridgehead atoms. The zero-order valence-corrected chi connectivity index (χ0v) is 22.7. The Morgan fingerprint density at radius 3 is 2.05 bits per heavy atom. The van der Waals surface area contributed by atoms with Crippen LogP contribution in [0.5, 0.6) is 11.5 Å². The van der Waals surface area contributed by atoms with Crippen LogP contribution < -0.4 is 9.47 Å². The second-order valence-electron chi connectivity index (χ2n) is 9.88. The first kappa shape index (κ1) is 28.2. The first-order valence-electron chi connectivity index (χ1n) is 13.9. The molecule has 0 heterocycles. The summed E-state index contributed by atoms with van der Waals surface area (Å²) in [6, 6.07) is 23.4. The maximum absolute atomic E-state index is 12.6. The van der Waals surface area contributed by atoms with Crippen molar-refractivity contribution < 1.29 is 14.3 Å². The van der Waals surface area contributed by atoms with E-state index in [4.69, 9.17) is 9.47 Å². The molecule has 0 radical (unpaired) electrons. The highest BCUT2D eigenvalue weighted by molar-refractivity contribution is 5.91. The maximum atomic E-state index is 12.6. The maximum Gasteiger partial charge on any atom is 0.343 e. The van der Waals surface area contributed by atoms with E-state index in [1.54, 1.807) is 18.4 Å². The summed E-state index contributed by atoms with van der Waals surface area (Å²) in [5, 5.41) is 0. The van der Waals surface area contributed by atoms with Gasteiger partial charge in [0.1, 0.15) is 11.5 Å². The van der Waals surface area contributed by atoms with Gasteiger partial charge in [-0.15, -0.1) is 0 Å². The fourth-order valence-corrected chi connectivity index (χ4v) is 4.09. The smallest absolute Gasteiger partial charge is 0.343 e. The molecule has 0 amide bonds. The molecule has 0 saturated heterocycles. The molecule has 37 heavy (non-hydrogen) atoms. The normalized spacial score (nSPS) is 12.0. The van der Waals surface area contributed by atoms with Crippen molar-refractivity contribution in [2.45, 2.75) is 78.6 Å². The Hall–Kier alpha value is -3.33. The predicted molar refractivity (Wildman–Crippen MR) is 154 cm³/mol. The Labute approximate surface area is 223 Å². The molecule has 1 unspecified atom stereocenters. The number of esters is 1. The molecular formula is C34H42O3. The lowest BCUT2D eigenvalue weighted by Gasteiger charge is -2.09. The van der Waals surface area contributed by atoms with Crippen molar-refractivity contribution >= 4 is 5.97 Å². The van der Waals surface area contributed by atoms with Crippen LogP contribution in [0.15, 0.2) is 85.1 Å². The fraction of sp³-hybridized carbons (Fsp3) is 0.382. The van der Waals surface area contributed by atoms with Crippen molar-refractivity contribution in [2.75, 3.05) is 0 Å². The molecule has 3 aromatic carbocycles. The van der Waals surface area contributed by atoms with E-state index >= 15 is 0 Å². The second kappa shape index (κ2) is 15.7. The molecule has 1 atom stereocenters. The Kier molecular flexibility index (Phi) is 12.0. The standard InChI is InChI=1S/C34H42O3/c1-4-6-7-8-9-10-11-26-36-32-22-24-33(25-23-32)37-34(35)31-20-18-30(19-21-31)29-16-14-28(15-17-29)13-12-27(3)5-2/h11,14-27H,4-10,12-13H2,1-3H3. The predicted octanol–water partition coefficient (Wildman–Crippen LogP) is 9.80. The van der Waals surface area contributed by atoms with Gasteiger partial charge in [0.05, 0.1) is 11.8 Å². The minimum atomic E-state index is -0.372. The van der Waals surface area contributed by atoms with Crippen molar-refractivity contribution in [2.24, 2.45) is 5.92 Å². The summed E-state index contributed by atoms with van der Waals surface area (Å²) in [6.45, 7) is 6.78. The van der Waals surface area contributed by atoms with Gasteiger partial charge >= 0.3 is 5.97 Å². The summed E-state index contributed by atoms with van der Waals surface area (Å²) in [5.41, 5.74) is 4.12. The van der Waals surface area contributed by atoms with Gasteiger partial charge in [-0.1, -0.05) is 89.3 Å². The molecule has 0 aromatic heterocycles. The lowest BCUT2D eigenvalue weighted by atomic mass is 9.97. The topological polar surface area (TPSA) is 35.5 Å². The molecule has 0 saturated carbocycles. The number of carbonyl (C=O) groups excluding carboxylic acids is 1. The molecule has 3 heteroatoms. The number of unbranched alkanes of at least 4 members (excludes halogenated alkanes) is 5. The summed E-state index contributed by atoms with van der Waals surface area (Å²) in [7, 11) is 0. The lowest BCUT2D eigenvalue weighted by Crippen LogP contribution is -2.08. The molecule has 3 rings (SSSR count). The van der Waals surface area contributed by atoms with Gasteiger partial charge in [-0.2, -0.15) is 0 Å². The average molecular weight is 499 g/mol. The van der Waals surface area contributed by atoms with E-state index in [0.717, 1.165) is 35.6 Å². The third kappa shape index (κ3) is 9.92. The monoisotopic (exact) mass is 498 g/mol. The molecule has 0 N–H and O–H groups in total. The number of benzene rings is 3. The number of rotatable bonds is 15. The van der Waals surface area contributed by atoms with Crippen LogP contribution in [0.1, 0.15) is 88.1 Å². The van der Waals surface area contributed by atoms with E-state index in [2.05, 4.69) is 51.1 Å². The molecule has 0 fully saturated rings. The van der Waals surface area contributed by atoms with Gasteiger partial charge in [0, 0.05) is 0 Å². The zero-order valence-electron chi connectivity index (χ0n) is 22.7.